The van der Waals surface area contributed by atoms with Crippen LogP contribution in [0.15, 0.2) is 37.1 Å². The van der Waals surface area contributed by atoms with Gasteiger partial charge in [0.15, 0.2) is 0 Å². The lowest BCUT2D eigenvalue weighted by Crippen LogP contribution is -2.46. The van der Waals surface area contributed by atoms with E-state index in [1.807, 2.05) is 43.7 Å². The summed E-state index contributed by atoms with van der Waals surface area (Å²) >= 11 is 0. The summed E-state index contributed by atoms with van der Waals surface area (Å²) in [6, 6.07) is 3.39. The van der Waals surface area contributed by atoms with Crippen LogP contribution in [0.4, 0.5) is 0 Å². The van der Waals surface area contributed by atoms with Crippen LogP contribution in [0, 0.1) is 5.41 Å². The molecule has 1 fully saturated rings. The fourth-order valence-corrected chi connectivity index (χ4v) is 3.38. The summed E-state index contributed by atoms with van der Waals surface area (Å²) in [7, 11) is 0. The van der Waals surface area contributed by atoms with Gasteiger partial charge in [-0.3, -0.25) is 14.2 Å². The first-order valence-electron chi connectivity index (χ1n) is 9.34. The van der Waals surface area contributed by atoms with Gasteiger partial charge in [-0.1, -0.05) is 26.8 Å². The number of nitrogens with zero attached hydrogens (tertiary/aromatic N) is 4. The molecule has 1 aliphatic rings. The van der Waals surface area contributed by atoms with E-state index < -0.39 is 0 Å². The average molecular weight is 369 g/mol. The van der Waals surface area contributed by atoms with E-state index in [9.17, 15) is 9.59 Å². The third kappa shape index (κ3) is 4.72. The Kier molecular flexibility index (Phi) is 5.58. The maximum Gasteiger partial charge on any atom is 0.243 e. The van der Waals surface area contributed by atoms with Crippen LogP contribution >= 0.6 is 0 Å². The van der Waals surface area contributed by atoms with Crippen LogP contribution in [0.25, 0.3) is 5.82 Å². The zero-order chi connectivity index (χ0) is 19.4. The Morgan fingerprint density at radius 1 is 1.30 bits per heavy atom. The Morgan fingerprint density at radius 2 is 2.11 bits per heavy atom. The molecule has 7 nitrogen and oxygen atoms in total. The highest BCUT2D eigenvalue weighted by Gasteiger charge is 2.35. The number of likely N-dealkylation sites (tertiary alicyclic amines) is 1. The zero-order valence-corrected chi connectivity index (χ0v) is 16.2. The topological polar surface area (TPSA) is 80.1 Å². The first kappa shape index (κ1) is 19.1. The summed E-state index contributed by atoms with van der Waals surface area (Å²) in [4.78, 5) is 35.5. The lowest BCUT2D eigenvalue weighted by atomic mass is 9.91. The lowest BCUT2D eigenvalue weighted by Gasteiger charge is -2.27. The van der Waals surface area contributed by atoms with Gasteiger partial charge in [0, 0.05) is 43.7 Å². The van der Waals surface area contributed by atoms with Crippen LogP contribution in [0.1, 0.15) is 45.6 Å². The highest BCUT2D eigenvalue weighted by molar-refractivity contribution is 5.88. The molecule has 3 rings (SSSR count). The second-order valence-electron chi connectivity index (χ2n) is 8.16. The van der Waals surface area contributed by atoms with Crippen LogP contribution in [0.3, 0.4) is 0 Å². The summed E-state index contributed by atoms with van der Waals surface area (Å²) in [5, 5.41) is 2.98. The van der Waals surface area contributed by atoms with Gasteiger partial charge in [0.1, 0.15) is 18.2 Å². The smallest absolute Gasteiger partial charge is 0.243 e. The van der Waals surface area contributed by atoms with Crippen molar-refractivity contribution in [2.75, 3.05) is 6.54 Å². The van der Waals surface area contributed by atoms with Gasteiger partial charge in [0.2, 0.25) is 11.8 Å². The molecule has 27 heavy (non-hydrogen) atoms. The highest BCUT2D eigenvalue weighted by Crippen LogP contribution is 2.25. The molecule has 2 aromatic rings. The summed E-state index contributed by atoms with van der Waals surface area (Å²) in [6.07, 6.45) is 8.92. The molecule has 2 aromatic heterocycles. The minimum absolute atomic E-state index is 0.0561. The van der Waals surface area contributed by atoms with Crippen molar-refractivity contribution in [2.24, 2.45) is 5.41 Å². The third-order valence-electron chi connectivity index (χ3n) is 4.63. The molecule has 2 amide bonds. The fourth-order valence-electron chi connectivity index (χ4n) is 3.38. The van der Waals surface area contributed by atoms with Gasteiger partial charge >= 0.3 is 0 Å². The zero-order valence-electron chi connectivity index (χ0n) is 16.2. The summed E-state index contributed by atoms with van der Waals surface area (Å²) < 4.78 is 1.82. The molecule has 0 aromatic carbocycles. The van der Waals surface area contributed by atoms with Crippen molar-refractivity contribution in [3.05, 3.63) is 42.6 Å². The van der Waals surface area contributed by atoms with Crippen molar-refractivity contribution in [1.29, 1.82) is 0 Å². The molecule has 7 heteroatoms. The van der Waals surface area contributed by atoms with Crippen LogP contribution in [-0.4, -0.2) is 43.8 Å². The normalized spacial score (nSPS) is 17.1. The van der Waals surface area contributed by atoms with Crippen molar-refractivity contribution in [1.82, 2.24) is 24.8 Å². The molecular formula is C20H27N5O2. The quantitative estimate of drug-likeness (QED) is 0.877. The monoisotopic (exact) mass is 369 g/mol. The molecule has 0 radical (unpaired) electrons. The molecule has 1 aliphatic heterocycles. The van der Waals surface area contributed by atoms with Crippen molar-refractivity contribution in [2.45, 2.75) is 52.6 Å². The van der Waals surface area contributed by atoms with Crippen LogP contribution in [0.2, 0.25) is 0 Å². The number of aromatic nitrogens is 3. The SMILES string of the molecule is CC(C)(C)CC(=O)N1CCCC1C(=O)NCc1cccnc1-n1ccnc1. The molecule has 1 N–H and O–H groups in total. The lowest BCUT2D eigenvalue weighted by molar-refractivity contribution is -0.139. The fraction of sp³-hybridized carbons (Fsp3) is 0.500. The Labute approximate surface area is 159 Å². The third-order valence-corrected chi connectivity index (χ3v) is 4.63. The molecule has 1 atom stereocenters. The van der Waals surface area contributed by atoms with Gasteiger partial charge in [-0.15, -0.1) is 0 Å². The van der Waals surface area contributed by atoms with E-state index in [0.717, 1.165) is 17.8 Å². The van der Waals surface area contributed by atoms with E-state index in [2.05, 4.69) is 15.3 Å². The largest absolute Gasteiger partial charge is 0.350 e. The number of nitrogens with one attached hydrogen (secondary N) is 1. The number of pyridine rings is 1. The van der Waals surface area contributed by atoms with Crippen molar-refractivity contribution >= 4 is 11.8 Å². The standard InChI is InChI=1S/C20H27N5O2/c1-20(2,3)12-17(26)25-10-5-7-16(25)19(27)23-13-15-6-4-8-22-18(15)24-11-9-21-14-24/h4,6,8-9,11,14,16H,5,7,10,12-13H2,1-3H3,(H,23,27). The number of rotatable bonds is 5. The summed E-state index contributed by atoms with van der Waals surface area (Å²) in [5.74, 6) is 0.693. The second-order valence-corrected chi connectivity index (χ2v) is 8.16. The van der Waals surface area contributed by atoms with Gasteiger partial charge in [-0.25, -0.2) is 9.97 Å². The van der Waals surface area contributed by atoms with E-state index in [1.54, 1.807) is 23.6 Å². The first-order chi connectivity index (χ1) is 12.8. The van der Waals surface area contributed by atoms with Crippen LogP contribution in [-0.2, 0) is 16.1 Å². The second kappa shape index (κ2) is 7.90. The molecule has 1 unspecified atom stereocenters. The van der Waals surface area contributed by atoms with Gasteiger partial charge in [-0.2, -0.15) is 0 Å². The molecule has 0 saturated carbocycles. The molecule has 0 bridgehead atoms. The number of carbonyl (C=O) groups is 2. The maximum absolute atomic E-state index is 12.8. The molecule has 144 valence electrons. The Balaban J connectivity index is 1.65. The minimum atomic E-state index is -0.381. The van der Waals surface area contributed by atoms with Crippen LogP contribution in [0.5, 0.6) is 0 Å². The van der Waals surface area contributed by atoms with Crippen LogP contribution < -0.4 is 5.32 Å². The summed E-state index contributed by atoms with van der Waals surface area (Å²) in [5.41, 5.74) is 0.810. The number of amides is 2. The Bertz CT molecular complexity index is 795. The van der Waals surface area contributed by atoms with E-state index in [1.165, 1.54) is 0 Å². The van der Waals surface area contributed by atoms with E-state index in [0.29, 0.717) is 25.9 Å². The number of hydrogen-bond donors (Lipinski definition) is 1. The maximum atomic E-state index is 12.8. The first-order valence-corrected chi connectivity index (χ1v) is 9.34. The molecule has 0 spiro atoms. The summed E-state index contributed by atoms with van der Waals surface area (Å²) in [6.45, 7) is 7.13. The Morgan fingerprint density at radius 3 is 2.81 bits per heavy atom. The molecule has 0 aliphatic carbocycles. The minimum Gasteiger partial charge on any atom is -0.350 e. The number of hydrogen-bond acceptors (Lipinski definition) is 4. The van der Waals surface area contributed by atoms with E-state index in [-0.39, 0.29) is 23.3 Å². The molecule has 3 heterocycles. The average Bonchev–Trinajstić information content (AvgIpc) is 3.30. The highest BCUT2D eigenvalue weighted by atomic mass is 16.2. The van der Waals surface area contributed by atoms with Crippen molar-refractivity contribution < 1.29 is 9.59 Å². The Hall–Kier alpha value is -2.70. The van der Waals surface area contributed by atoms with E-state index >= 15 is 0 Å². The number of imidazole rings is 1. The van der Waals surface area contributed by atoms with Gasteiger partial charge in [0.25, 0.3) is 0 Å². The van der Waals surface area contributed by atoms with E-state index in [4.69, 9.17) is 0 Å². The van der Waals surface area contributed by atoms with Gasteiger partial charge in [-0.05, 0) is 24.3 Å². The van der Waals surface area contributed by atoms with Crippen molar-refractivity contribution in [3.8, 4) is 5.82 Å². The molecule has 1 saturated heterocycles. The number of carbonyl (C=O) groups excluding carboxylic acids is 2. The predicted molar refractivity (Wildman–Crippen MR) is 102 cm³/mol. The van der Waals surface area contributed by atoms with Gasteiger partial charge < -0.3 is 10.2 Å². The molecular weight excluding hydrogens is 342 g/mol. The van der Waals surface area contributed by atoms with Gasteiger partial charge in [0.05, 0.1) is 0 Å². The predicted octanol–water partition coefficient (Wildman–Crippen LogP) is 2.31. The van der Waals surface area contributed by atoms with Crippen molar-refractivity contribution in [3.63, 3.8) is 0 Å².